The van der Waals surface area contributed by atoms with Gasteiger partial charge in [0, 0.05) is 25.6 Å². The molecule has 2 aliphatic rings. The van der Waals surface area contributed by atoms with Gasteiger partial charge in [-0.25, -0.2) is 4.79 Å². The molecular weight excluding hydrogens is 390 g/mol. The Morgan fingerprint density at radius 3 is 2.63 bits per heavy atom. The first-order chi connectivity index (χ1) is 12.7. The molecule has 3 heterocycles. The molecule has 27 heavy (non-hydrogen) atoms. The van der Waals surface area contributed by atoms with Crippen LogP contribution in [0.15, 0.2) is 17.3 Å². The second-order valence-corrected chi connectivity index (χ2v) is 9.41. The van der Waals surface area contributed by atoms with Crippen LogP contribution in [0.2, 0.25) is 4.34 Å². The summed E-state index contributed by atoms with van der Waals surface area (Å²) >= 11 is 7.36. The van der Waals surface area contributed by atoms with Crippen molar-refractivity contribution in [3.05, 3.63) is 21.3 Å². The molecule has 3 rings (SSSR count). The monoisotopic (exact) mass is 413 g/mol. The van der Waals surface area contributed by atoms with Gasteiger partial charge in [-0.1, -0.05) is 16.8 Å². The topological polar surface area (TPSA) is 80.2 Å². The normalized spacial score (nSPS) is 20.8. The number of likely N-dealkylation sites (tertiary alicyclic amines) is 1. The van der Waals surface area contributed by atoms with Crippen LogP contribution in [0.4, 0.5) is 4.79 Å². The molecule has 0 spiro atoms. The molecule has 0 bridgehead atoms. The number of halogens is 1. The molecule has 148 valence electrons. The van der Waals surface area contributed by atoms with Gasteiger partial charge >= 0.3 is 6.09 Å². The third-order valence-corrected chi connectivity index (χ3v) is 5.59. The third kappa shape index (κ3) is 5.35. The highest BCUT2D eigenvalue weighted by atomic mass is 35.5. The molecule has 1 atom stereocenters. The molecule has 1 fully saturated rings. The quantitative estimate of drug-likeness (QED) is 0.823. The van der Waals surface area contributed by atoms with Crippen LogP contribution in [0.3, 0.4) is 0 Å². The number of carbonyl (C=O) groups is 2. The highest BCUT2D eigenvalue weighted by Crippen LogP contribution is 2.26. The van der Waals surface area contributed by atoms with Gasteiger partial charge in [0.05, 0.1) is 9.21 Å². The van der Waals surface area contributed by atoms with E-state index in [4.69, 9.17) is 21.2 Å². The number of oxime groups is 1. The summed E-state index contributed by atoms with van der Waals surface area (Å²) in [6.07, 6.45) is 0.876. The molecule has 0 radical (unpaired) electrons. The van der Waals surface area contributed by atoms with Gasteiger partial charge < -0.3 is 19.8 Å². The zero-order valence-electron chi connectivity index (χ0n) is 15.7. The maximum atomic E-state index is 12.5. The van der Waals surface area contributed by atoms with E-state index < -0.39 is 11.7 Å². The number of amides is 2. The van der Waals surface area contributed by atoms with Crippen LogP contribution in [0.1, 0.15) is 44.9 Å². The molecule has 2 amide bonds. The number of nitrogens with one attached hydrogen (secondary N) is 1. The first-order valence-corrected chi connectivity index (χ1v) is 10.2. The Hall–Kier alpha value is -1.80. The van der Waals surface area contributed by atoms with E-state index in [-0.39, 0.29) is 18.0 Å². The number of ether oxygens (including phenoxy) is 1. The third-order valence-electron chi connectivity index (χ3n) is 4.31. The average Bonchev–Trinajstić information content (AvgIpc) is 3.22. The van der Waals surface area contributed by atoms with Crippen LogP contribution in [-0.2, 0) is 14.4 Å². The predicted molar refractivity (Wildman–Crippen MR) is 104 cm³/mol. The number of thiophene rings is 1. The van der Waals surface area contributed by atoms with Gasteiger partial charge in [-0.05, 0) is 45.7 Å². The molecule has 2 aliphatic heterocycles. The van der Waals surface area contributed by atoms with Crippen molar-refractivity contribution in [2.75, 3.05) is 13.1 Å². The van der Waals surface area contributed by atoms with Crippen molar-refractivity contribution in [2.45, 2.75) is 57.8 Å². The largest absolute Gasteiger partial charge is 0.444 e. The smallest absolute Gasteiger partial charge is 0.410 e. The lowest BCUT2D eigenvalue weighted by molar-refractivity contribution is -0.132. The van der Waals surface area contributed by atoms with E-state index in [0.717, 1.165) is 10.6 Å². The summed E-state index contributed by atoms with van der Waals surface area (Å²) in [4.78, 5) is 32.5. The SMILES string of the molecule is CC(C)(C)OC(=O)N1CCC(NC(=O)C2CC(c3ccc(Cl)s3)=NO2)CC1. The molecule has 0 aromatic carbocycles. The summed E-state index contributed by atoms with van der Waals surface area (Å²) in [6.45, 7) is 6.65. The Kier molecular flexibility index (Phi) is 5.95. The maximum absolute atomic E-state index is 12.5. The van der Waals surface area contributed by atoms with Crippen molar-refractivity contribution in [1.82, 2.24) is 10.2 Å². The average molecular weight is 414 g/mol. The Labute approximate surface area is 167 Å². The molecule has 1 saturated heterocycles. The second kappa shape index (κ2) is 8.06. The van der Waals surface area contributed by atoms with E-state index in [2.05, 4.69) is 10.5 Å². The zero-order chi connectivity index (χ0) is 19.6. The van der Waals surface area contributed by atoms with E-state index in [9.17, 15) is 9.59 Å². The van der Waals surface area contributed by atoms with Gasteiger partial charge in [-0.15, -0.1) is 11.3 Å². The Balaban J connectivity index is 1.43. The minimum atomic E-state index is -0.621. The van der Waals surface area contributed by atoms with Gasteiger partial charge in [-0.3, -0.25) is 4.79 Å². The fraction of sp³-hybridized carbons (Fsp3) is 0.611. The second-order valence-electron chi connectivity index (χ2n) is 7.69. The molecule has 1 aromatic rings. The minimum Gasteiger partial charge on any atom is -0.444 e. The van der Waals surface area contributed by atoms with Crippen LogP contribution < -0.4 is 5.32 Å². The summed E-state index contributed by atoms with van der Waals surface area (Å²) < 4.78 is 6.06. The van der Waals surface area contributed by atoms with Gasteiger partial charge in [0.2, 0.25) is 6.10 Å². The fourth-order valence-corrected chi connectivity index (χ4v) is 3.99. The number of piperidine rings is 1. The highest BCUT2D eigenvalue weighted by molar-refractivity contribution is 7.18. The van der Waals surface area contributed by atoms with E-state index >= 15 is 0 Å². The summed E-state index contributed by atoms with van der Waals surface area (Å²) in [6, 6.07) is 3.69. The van der Waals surface area contributed by atoms with Crippen molar-refractivity contribution in [3.8, 4) is 0 Å². The van der Waals surface area contributed by atoms with Crippen molar-refractivity contribution >= 4 is 40.6 Å². The number of hydrogen-bond acceptors (Lipinski definition) is 6. The van der Waals surface area contributed by atoms with Crippen molar-refractivity contribution < 1.29 is 19.2 Å². The van der Waals surface area contributed by atoms with E-state index in [0.29, 0.717) is 36.7 Å². The lowest BCUT2D eigenvalue weighted by Crippen LogP contribution is -2.49. The Morgan fingerprint density at radius 2 is 2.04 bits per heavy atom. The number of nitrogens with zero attached hydrogens (tertiary/aromatic N) is 2. The highest BCUT2D eigenvalue weighted by Gasteiger charge is 2.33. The van der Waals surface area contributed by atoms with Crippen LogP contribution in [0, 0.1) is 0 Å². The minimum absolute atomic E-state index is 0.0139. The van der Waals surface area contributed by atoms with Gasteiger partial charge in [-0.2, -0.15) is 0 Å². The van der Waals surface area contributed by atoms with Crippen LogP contribution in [0.5, 0.6) is 0 Å². The summed E-state index contributed by atoms with van der Waals surface area (Å²) in [7, 11) is 0. The number of carbonyl (C=O) groups excluding carboxylic acids is 2. The lowest BCUT2D eigenvalue weighted by Gasteiger charge is -2.33. The first-order valence-electron chi connectivity index (χ1n) is 8.98. The Morgan fingerprint density at radius 1 is 1.33 bits per heavy atom. The zero-order valence-corrected chi connectivity index (χ0v) is 17.2. The van der Waals surface area contributed by atoms with Crippen LogP contribution >= 0.6 is 22.9 Å². The predicted octanol–water partition coefficient (Wildman–Crippen LogP) is 3.41. The maximum Gasteiger partial charge on any atom is 0.410 e. The summed E-state index contributed by atoms with van der Waals surface area (Å²) in [5, 5.41) is 7.03. The summed E-state index contributed by atoms with van der Waals surface area (Å²) in [5.74, 6) is -0.174. The molecular formula is C18H24ClN3O4S. The molecule has 9 heteroatoms. The molecule has 1 unspecified atom stereocenters. The van der Waals surface area contributed by atoms with Crippen LogP contribution in [0.25, 0.3) is 0 Å². The fourth-order valence-electron chi connectivity index (χ4n) is 2.96. The standard InChI is InChI=1S/C18H24ClN3O4S/c1-18(2,3)25-17(24)22-8-6-11(7-9-22)20-16(23)13-10-12(21-26-13)14-4-5-15(19)27-14/h4-5,11,13H,6-10H2,1-3H3,(H,20,23). The van der Waals surface area contributed by atoms with E-state index in [1.54, 1.807) is 11.0 Å². The van der Waals surface area contributed by atoms with Crippen LogP contribution in [-0.4, -0.2) is 53.4 Å². The molecule has 1 aromatic heterocycles. The molecule has 0 saturated carbocycles. The Bertz CT molecular complexity index is 735. The van der Waals surface area contributed by atoms with Gasteiger partial charge in [0.15, 0.2) is 0 Å². The molecule has 0 aliphatic carbocycles. The molecule has 7 nitrogen and oxygen atoms in total. The molecule has 1 N–H and O–H groups in total. The van der Waals surface area contributed by atoms with Crippen molar-refractivity contribution in [2.24, 2.45) is 5.16 Å². The van der Waals surface area contributed by atoms with Crippen molar-refractivity contribution in [1.29, 1.82) is 0 Å². The van der Waals surface area contributed by atoms with E-state index in [1.807, 2.05) is 26.8 Å². The first kappa shape index (κ1) is 19.9. The number of hydrogen-bond donors (Lipinski definition) is 1. The van der Waals surface area contributed by atoms with E-state index in [1.165, 1.54) is 11.3 Å². The summed E-state index contributed by atoms with van der Waals surface area (Å²) in [5.41, 5.74) is 0.235. The number of rotatable bonds is 3. The van der Waals surface area contributed by atoms with Crippen molar-refractivity contribution in [3.63, 3.8) is 0 Å². The lowest BCUT2D eigenvalue weighted by atomic mass is 10.0. The van der Waals surface area contributed by atoms with Gasteiger partial charge in [0.1, 0.15) is 11.3 Å². The van der Waals surface area contributed by atoms with Gasteiger partial charge in [0.25, 0.3) is 5.91 Å².